The summed E-state index contributed by atoms with van der Waals surface area (Å²) in [6, 6.07) is 17.0. The molecule has 1 amide bonds. The number of ether oxygens (including phenoxy) is 1. The van der Waals surface area contributed by atoms with E-state index < -0.39 is 0 Å². The highest BCUT2D eigenvalue weighted by Crippen LogP contribution is 2.35. The predicted octanol–water partition coefficient (Wildman–Crippen LogP) is 3.42. The van der Waals surface area contributed by atoms with Crippen LogP contribution in [0.3, 0.4) is 0 Å². The van der Waals surface area contributed by atoms with E-state index in [1.54, 1.807) is 7.11 Å². The summed E-state index contributed by atoms with van der Waals surface area (Å²) >= 11 is 1.93. The van der Waals surface area contributed by atoms with Crippen LogP contribution in [0.4, 0.5) is 0 Å². The zero-order chi connectivity index (χ0) is 18.6. The molecule has 2 aromatic carbocycles. The molecule has 0 saturated carbocycles. The summed E-state index contributed by atoms with van der Waals surface area (Å²) < 4.78 is 5.39. The molecule has 1 saturated heterocycles. The summed E-state index contributed by atoms with van der Waals surface area (Å²) in [6.45, 7) is 1.63. The topological polar surface area (TPSA) is 41.6 Å². The first-order chi connectivity index (χ1) is 13.2. The number of amides is 1. The minimum atomic E-state index is 0.0934. The van der Waals surface area contributed by atoms with E-state index in [2.05, 4.69) is 46.6 Å². The molecule has 1 N–H and O–H groups in total. The SMILES string of the molecule is COc1ccc2c(c1)CN(C(=O)CC1CSCCN1)C(c1ccccc1)C2. The molecule has 1 fully saturated rings. The number of benzene rings is 2. The molecule has 142 valence electrons. The van der Waals surface area contributed by atoms with Crippen LogP contribution >= 0.6 is 11.8 Å². The van der Waals surface area contributed by atoms with Crippen molar-refractivity contribution in [3.8, 4) is 5.75 Å². The van der Waals surface area contributed by atoms with Gasteiger partial charge in [-0.15, -0.1) is 0 Å². The number of thioether (sulfide) groups is 1. The van der Waals surface area contributed by atoms with Crippen molar-refractivity contribution in [3.05, 3.63) is 65.2 Å². The molecule has 27 heavy (non-hydrogen) atoms. The minimum absolute atomic E-state index is 0.0934. The molecule has 4 nitrogen and oxygen atoms in total. The molecule has 0 aromatic heterocycles. The second-order valence-corrected chi connectivity index (χ2v) is 8.37. The minimum Gasteiger partial charge on any atom is -0.497 e. The Morgan fingerprint density at radius 2 is 2.07 bits per heavy atom. The number of hydrogen-bond donors (Lipinski definition) is 1. The number of nitrogens with one attached hydrogen (secondary N) is 1. The highest BCUT2D eigenvalue weighted by Gasteiger charge is 2.32. The van der Waals surface area contributed by atoms with Crippen LogP contribution in [0.25, 0.3) is 0 Å². The van der Waals surface area contributed by atoms with Gasteiger partial charge in [0.25, 0.3) is 0 Å². The molecule has 5 heteroatoms. The van der Waals surface area contributed by atoms with Gasteiger partial charge in [0.1, 0.15) is 5.75 Å². The van der Waals surface area contributed by atoms with Crippen molar-refractivity contribution in [2.75, 3.05) is 25.2 Å². The van der Waals surface area contributed by atoms with E-state index in [-0.39, 0.29) is 18.0 Å². The number of nitrogens with zero attached hydrogens (tertiary/aromatic N) is 1. The average Bonchev–Trinajstić information content (AvgIpc) is 2.73. The van der Waals surface area contributed by atoms with Crippen LogP contribution in [0.15, 0.2) is 48.5 Å². The van der Waals surface area contributed by atoms with Gasteiger partial charge in [-0.3, -0.25) is 4.79 Å². The number of fused-ring (bicyclic) bond motifs is 1. The van der Waals surface area contributed by atoms with Crippen LogP contribution in [-0.2, 0) is 17.8 Å². The summed E-state index contributed by atoms with van der Waals surface area (Å²) in [7, 11) is 1.69. The normalized spacial score (nSPS) is 22.2. The first-order valence-corrected chi connectivity index (χ1v) is 10.7. The van der Waals surface area contributed by atoms with Gasteiger partial charge in [-0.25, -0.2) is 0 Å². The Morgan fingerprint density at radius 1 is 1.22 bits per heavy atom. The Kier molecular flexibility index (Phi) is 5.69. The molecular weight excluding hydrogens is 356 g/mol. The molecule has 2 atom stereocenters. The van der Waals surface area contributed by atoms with Gasteiger partial charge in [0, 0.05) is 37.1 Å². The third kappa shape index (κ3) is 4.14. The molecule has 0 radical (unpaired) electrons. The molecule has 2 aliphatic rings. The van der Waals surface area contributed by atoms with E-state index in [1.165, 1.54) is 16.7 Å². The highest BCUT2D eigenvalue weighted by molar-refractivity contribution is 7.99. The van der Waals surface area contributed by atoms with Gasteiger partial charge in [0.05, 0.1) is 13.2 Å². The maximum atomic E-state index is 13.3. The molecule has 0 spiro atoms. The lowest BCUT2D eigenvalue weighted by molar-refractivity contribution is -0.135. The van der Waals surface area contributed by atoms with Gasteiger partial charge in [-0.1, -0.05) is 36.4 Å². The molecule has 2 unspecified atom stereocenters. The maximum absolute atomic E-state index is 13.3. The van der Waals surface area contributed by atoms with Crippen LogP contribution in [0, 0.1) is 0 Å². The zero-order valence-electron chi connectivity index (χ0n) is 15.7. The van der Waals surface area contributed by atoms with Crippen molar-refractivity contribution in [1.29, 1.82) is 0 Å². The first-order valence-electron chi connectivity index (χ1n) is 9.56. The van der Waals surface area contributed by atoms with Crippen LogP contribution in [-0.4, -0.2) is 42.0 Å². The Balaban J connectivity index is 1.61. The van der Waals surface area contributed by atoms with Crippen molar-refractivity contribution in [3.63, 3.8) is 0 Å². The van der Waals surface area contributed by atoms with Crippen molar-refractivity contribution in [2.24, 2.45) is 0 Å². The number of carbonyl (C=O) groups excluding carboxylic acids is 1. The fourth-order valence-corrected chi connectivity index (χ4v) is 4.95. The molecule has 2 aliphatic heterocycles. The van der Waals surface area contributed by atoms with Gasteiger partial charge in [-0.05, 0) is 35.2 Å². The lowest BCUT2D eigenvalue weighted by Gasteiger charge is -2.38. The van der Waals surface area contributed by atoms with Crippen LogP contribution in [0.5, 0.6) is 5.75 Å². The predicted molar refractivity (Wildman–Crippen MR) is 110 cm³/mol. The van der Waals surface area contributed by atoms with Gasteiger partial charge < -0.3 is 15.0 Å². The van der Waals surface area contributed by atoms with Crippen molar-refractivity contribution in [2.45, 2.75) is 31.5 Å². The molecule has 2 aromatic rings. The van der Waals surface area contributed by atoms with Gasteiger partial charge in [0.15, 0.2) is 0 Å². The van der Waals surface area contributed by atoms with Crippen molar-refractivity contribution >= 4 is 17.7 Å². The zero-order valence-corrected chi connectivity index (χ0v) is 16.5. The van der Waals surface area contributed by atoms with Crippen molar-refractivity contribution in [1.82, 2.24) is 10.2 Å². The van der Waals surface area contributed by atoms with E-state index in [0.29, 0.717) is 13.0 Å². The lowest BCUT2D eigenvalue weighted by Crippen LogP contribution is -2.45. The third-order valence-corrected chi connectivity index (χ3v) is 6.60. The van der Waals surface area contributed by atoms with Gasteiger partial charge in [-0.2, -0.15) is 11.8 Å². The monoisotopic (exact) mass is 382 g/mol. The Morgan fingerprint density at radius 3 is 2.81 bits per heavy atom. The number of rotatable bonds is 4. The second kappa shape index (κ2) is 8.36. The van der Waals surface area contributed by atoms with Crippen LogP contribution in [0.1, 0.15) is 29.2 Å². The Bertz CT molecular complexity index is 790. The lowest BCUT2D eigenvalue weighted by atomic mass is 9.89. The molecular formula is C22H26N2O2S. The second-order valence-electron chi connectivity index (χ2n) is 7.22. The molecule has 0 bridgehead atoms. The number of methoxy groups -OCH3 is 1. The number of hydrogen-bond acceptors (Lipinski definition) is 4. The smallest absolute Gasteiger partial charge is 0.224 e. The van der Waals surface area contributed by atoms with E-state index in [9.17, 15) is 4.79 Å². The first kappa shape index (κ1) is 18.4. The van der Waals surface area contributed by atoms with E-state index >= 15 is 0 Å². The molecule has 2 heterocycles. The quantitative estimate of drug-likeness (QED) is 0.880. The average molecular weight is 383 g/mol. The Hall–Kier alpha value is -1.98. The van der Waals surface area contributed by atoms with Crippen molar-refractivity contribution < 1.29 is 9.53 Å². The summed E-state index contributed by atoms with van der Waals surface area (Å²) in [5, 5.41) is 3.49. The summed E-state index contributed by atoms with van der Waals surface area (Å²) in [6.07, 6.45) is 1.41. The number of carbonyl (C=O) groups is 1. The fraction of sp³-hybridized carbons (Fsp3) is 0.409. The largest absolute Gasteiger partial charge is 0.497 e. The summed E-state index contributed by atoms with van der Waals surface area (Å²) in [5.74, 6) is 3.23. The van der Waals surface area contributed by atoms with E-state index in [1.807, 2.05) is 23.9 Å². The molecule has 0 aliphatic carbocycles. The Labute approximate surface area is 165 Å². The fourth-order valence-electron chi connectivity index (χ4n) is 4.00. The van der Waals surface area contributed by atoms with Gasteiger partial charge in [0.2, 0.25) is 5.91 Å². The van der Waals surface area contributed by atoms with Crippen LogP contribution < -0.4 is 10.1 Å². The highest BCUT2D eigenvalue weighted by atomic mass is 32.2. The summed E-state index contributed by atoms with van der Waals surface area (Å²) in [4.78, 5) is 15.3. The molecule has 4 rings (SSSR count). The van der Waals surface area contributed by atoms with Crippen LogP contribution in [0.2, 0.25) is 0 Å². The third-order valence-electron chi connectivity index (χ3n) is 5.47. The van der Waals surface area contributed by atoms with Gasteiger partial charge >= 0.3 is 0 Å². The summed E-state index contributed by atoms with van der Waals surface area (Å²) in [5.41, 5.74) is 3.71. The standard InChI is InChI=1S/C22H26N2O2S/c1-26-20-8-7-17-12-21(16-5-3-2-4-6-16)24(14-18(17)11-20)22(25)13-19-15-27-10-9-23-19/h2-8,11,19,21,23H,9-10,12-15H2,1H3. The van der Waals surface area contributed by atoms with E-state index in [0.717, 1.165) is 30.2 Å². The maximum Gasteiger partial charge on any atom is 0.224 e. The van der Waals surface area contributed by atoms with E-state index in [4.69, 9.17) is 4.74 Å².